The zero-order valence-corrected chi connectivity index (χ0v) is 68.3. The van der Waals surface area contributed by atoms with Crippen LogP contribution in [0.2, 0.25) is 0 Å². The van der Waals surface area contributed by atoms with Crippen LogP contribution < -0.4 is 0 Å². The van der Waals surface area contributed by atoms with E-state index in [1.54, 1.807) is 204 Å². The van der Waals surface area contributed by atoms with Gasteiger partial charge in [-0.25, -0.2) is 38.4 Å². The molecule has 0 aliphatic carbocycles. The molecule has 4 fully saturated rings. The number of hydrogen-bond acceptors (Lipinski definition) is 21. The molecule has 0 aromatic rings. The number of allylic oxidation sites excluding steroid dienone is 2. The van der Waals surface area contributed by atoms with Crippen LogP contribution in [-0.2, 0) is 66.7 Å². The minimum atomic E-state index is -1.10. The van der Waals surface area contributed by atoms with Crippen LogP contribution in [0.3, 0.4) is 0 Å². The fourth-order valence-corrected chi connectivity index (χ4v) is 9.50. The molecule has 7 atom stereocenters. The third-order valence-corrected chi connectivity index (χ3v) is 12.6. The molecule has 4 heterocycles. The van der Waals surface area contributed by atoms with Crippen molar-refractivity contribution in [2.75, 3.05) is 40.3 Å². The van der Waals surface area contributed by atoms with E-state index < -0.39 is 136 Å². The van der Waals surface area contributed by atoms with Gasteiger partial charge in [0.25, 0.3) is 0 Å². The van der Waals surface area contributed by atoms with Gasteiger partial charge >= 0.3 is 48.3 Å². The van der Waals surface area contributed by atoms with Gasteiger partial charge in [-0.1, -0.05) is 62.6 Å². The number of ether oxygens (including phenoxy) is 8. The second-order valence-electron chi connectivity index (χ2n) is 32.9. The molecule has 108 heavy (non-hydrogen) atoms. The summed E-state index contributed by atoms with van der Waals surface area (Å²) in [5.41, 5.74) is -4.54. The van der Waals surface area contributed by atoms with Crippen LogP contribution >= 0.6 is 0 Å². The van der Waals surface area contributed by atoms with Crippen molar-refractivity contribution in [1.29, 1.82) is 0 Å². The largest absolute Gasteiger partial charge is 0.458 e. The van der Waals surface area contributed by atoms with Crippen LogP contribution in [-0.4, -0.2) is 326 Å². The van der Waals surface area contributed by atoms with Gasteiger partial charge in [0.15, 0.2) is 29.7 Å². The summed E-state index contributed by atoms with van der Waals surface area (Å²) in [6, 6.07) is -3.90. The number of carbonyl (C=O) groups excluding carboxylic acids is 10. The highest BCUT2D eigenvalue weighted by atomic mass is 16.6. The quantitative estimate of drug-likeness (QED) is 0.0929. The van der Waals surface area contributed by atoms with Crippen LogP contribution in [0.4, 0.5) is 19.2 Å². The number of Topliss-reactive ketones (excluding diaryl/α,β-unsaturated/α-hetero) is 2. The standard InChI is InChI=1S/C17H28N2O5.C17H31NO5.C17H29NO5.C17H27NO5.B5H6.B5H3.B5/c1-16(2,3)23-14(21)13-11(9-18(7)8)12(20)10-19(13)15(22)24-17(4,5)6;3*1-8-9-11-12(19)10-18(15(21)23-17(5,6)7)13(11)14(20)22-16(2,3)4;3*1-4-5(2)3/h9,13H,10H2,1-8H3;11-13,19H,8-10H2,1-7H3;9,12-13,19H,8,10H2,1-7H3;9,13H,8,10H2,1-7H3;1-2H3;1H3;/q;;;;-2;-1;/b11-9-;;2*11-9-;;;/t13-;11-,12+,13+;12-,13-;13-;;;/m0100.../s1. The number of esters is 4. The van der Waals surface area contributed by atoms with Crippen LogP contribution in [0.5, 0.6) is 0 Å². The molecule has 4 aliphatic rings. The molecule has 0 spiro atoms. The van der Waals surface area contributed by atoms with Crippen molar-refractivity contribution in [1.82, 2.24) is 24.5 Å². The number of aliphatic hydroxyl groups excluding tert-OH is 2. The van der Waals surface area contributed by atoms with E-state index >= 15 is 0 Å². The molecule has 4 amide bonds. The van der Waals surface area contributed by atoms with Crippen molar-refractivity contribution in [3.8, 4) is 0 Å². The van der Waals surface area contributed by atoms with Crippen molar-refractivity contribution in [3.63, 3.8) is 0 Å². The number of hydrogen-bond donors (Lipinski definition) is 2. The fraction of sp³-hybridized carbons (Fsp3) is 0.765. The van der Waals surface area contributed by atoms with E-state index in [2.05, 4.69) is 7.06 Å². The van der Waals surface area contributed by atoms with Gasteiger partial charge < -0.3 is 53.0 Å². The van der Waals surface area contributed by atoms with Gasteiger partial charge in [0, 0.05) is 74.0 Å². The summed E-state index contributed by atoms with van der Waals surface area (Å²) in [4.78, 5) is 131. The number of carbonyl (C=O) groups is 10. The molecule has 0 aromatic carbocycles. The number of ketones is 2. The van der Waals surface area contributed by atoms with Gasteiger partial charge in [-0.15, -0.1) is 0 Å². The zero-order chi connectivity index (χ0) is 85.7. The maximum absolute atomic E-state index is 12.6. The van der Waals surface area contributed by atoms with Gasteiger partial charge in [-0.05, 0) is 221 Å². The summed E-state index contributed by atoms with van der Waals surface area (Å²) in [5.74, 6) is -3.19. The molecule has 4 aliphatic heterocycles. The van der Waals surface area contributed by atoms with Crippen molar-refractivity contribution in [3.05, 3.63) is 35.1 Å². The van der Waals surface area contributed by atoms with E-state index in [4.69, 9.17) is 84.3 Å². The summed E-state index contributed by atoms with van der Waals surface area (Å²) in [5, 5.41) is 20.5. The number of β-amino-alcohol motifs (C(OH)–C–C–N with tert-alkyl or cyclic N) is 2. The first-order valence-electron chi connectivity index (χ1n) is 34.9. The maximum atomic E-state index is 12.6. The van der Waals surface area contributed by atoms with Crippen molar-refractivity contribution in [2.24, 2.45) is 5.92 Å². The van der Waals surface area contributed by atoms with Crippen molar-refractivity contribution >= 4 is 170 Å². The first-order chi connectivity index (χ1) is 48.6. The first kappa shape index (κ1) is 106. The second-order valence-corrected chi connectivity index (χ2v) is 32.9. The summed E-state index contributed by atoms with van der Waals surface area (Å²) in [6.45, 7) is 47.4. The van der Waals surface area contributed by atoms with E-state index in [0.29, 0.717) is 60.0 Å². The smallest absolute Gasteiger partial charge is 0.411 e. The number of aliphatic hydroxyl groups is 2. The summed E-state index contributed by atoms with van der Waals surface area (Å²) < 4.78 is 43.0. The highest BCUT2D eigenvalue weighted by molar-refractivity contribution is 7.61. The molecular weight excluding hydrogens is 1370 g/mol. The Kier molecular flexibility index (Phi) is 45.6. The van der Waals surface area contributed by atoms with Crippen LogP contribution in [0.15, 0.2) is 35.1 Å². The summed E-state index contributed by atoms with van der Waals surface area (Å²) in [7, 11) is 40.4. The minimum Gasteiger partial charge on any atom is -0.458 e. The van der Waals surface area contributed by atoms with E-state index in [1.807, 2.05) is 27.8 Å². The highest BCUT2D eigenvalue weighted by Crippen LogP contribution is 2.34. The molecule has 589 valence electrons. The first-order valence-corrected chi connectivity index (χ1v) is 34.9. The van der Waals surface area contributed by atoms with Gasteiger partial charge in [0.2, 0.25) is 0 Å². The maximum Gasteiger partial charge on any atom is 0.411 e. The Morgan fingerprint density at radius 1 is 0.481 bits per heavy atom. The summed E-state index contributed by atoms with van der Waals surface area (Å²) >= 11 is 0. The zero-order valence-electron chi connectivity index (χ0n) is 68.3. The molecule has 0 saturated carbocycles. The van der Waals surface area contributed by atoms with E-state index in [0.717, 1.165) is 16.2 Å². The lowest BCUT2D eigenvalue weighted by atomic mass is 8.97. The molecule has 4 rings (SSSR count). The third-order valence-electron chi connectivity index (χ3n) is 12.6. The highest BCUT2D eigenvalue weighted by Gasteiger charge is 2.52. The average Bonchev–Trinajstić information content (AvgIpc) is 1.66. The molecule has 0 unspecified atom stereocenters. The van der Waals surface area contributed by atoms with E-state index in [1.165, 1.54) is 16.9 Å². The Morgan fingerprint density at radius 3 is 1.06 bits per heavy atom. The molecule has 4 saturated heterocycles. The minimum absolute atomic E-state index is 0.0185. The number of amides is 4. The predicted octanol–water partition coefficient (Wildman–Crippen LogP) is 2.06. The number of rotatable bonds is 12. The van der Waals surface area contributed by atoms with Crippen molar-refractivity contribution in [2.45, 2.75) is 294 Å². The van der Waals surface area contributed by atoms with Crippen LogP contribution in [0.1, 0.15) is 213 Å². The van der Waals surface area contributed by atoms with E-state index in [9.17, 15) is 58.2 Å². The second kappa shape index (κ2) is 46.3. The lowest BCUT2D eigenvalue weighted by molar-refractivity contribution is -0.162. The Morgan fingerprint density at radius 2 is 0.778 bits per heavy atom. The van der Waals surface area contributed by atoms with Crippen molar-refractivity contribution < 1.29 is 96.1 Å². The summed E-state index contributed by atoms with van der Waals surface area (Å²) in [6.07, 6.45) is 3.42. The average molecular weight is 1490 g/mol. The van der Waals surface area contributed by atoms with Gasteiger partial charge in [0.1, 0.15) is 50.9 Å². The van der Waals surface area contributed by atoms with Gasteiger partial charge in [-0.2, -0.15) is 20.5 Å². The molecular formula is C68H124B15N5O20-3. The predicted molar refractivity (Wildman–Crippen MR) is 448 cm³/mol. The topological polar surface area (TPSA) is 301 Å². The normalized spacial score (nSPS) is 20.4. The molecule has 0 aromatic heterocycles. The van der Waals surface area contributed by atoms with Crippen LogP contribution in [0.25, 0.3) is 0 Å². The Bertz CT molecular complexity index is 2980. The number of likely N-dealkylation sites (tertiary alicyclic amines) is 4. The third kappa shape index (κ3) is 44.3. The number of nitrogens with zero attached hydrogens (tertiary/aromatic N) is 5. The molecule has 25 nitrogen and oxygen atoms in total. The Balaban J connectivity index is -0.00000127. The lowest BCUT2D eigenvalue weighted by Gasteiger charge is -2.31. The molecule has 40 heteroatoms. The van der Waals surface area contributed by atoms with Gasteiger partial charge in [-0.3, -0.25) is 29.2 Å². The van der Waals surface area contributed by atoms with E-state index in [-0.39, 0.29) is 55.6 Å². The van der Waals surface area contributed by atoms with Gasteiger partial charge in [0.05, 0.1) is 38.4 Å². The molecule has 2 N–H and O–H groups in total. The SMILES string of the molecule is CC/C=C1/C(=O)CN(C(=O)OC(C)(C)C)[C@@H]1C(=O)OC(C)(C)C.CC/C=C1\[C@@H](C(=O)OC(C)(C)C)N(C(=O)OC(C)(C)C)C[C@@H]1O.CCC[C@H]1[C@@H](C(=O)OC(C)(C)C)N(C(=O)OC(C)(C)C)C[C@@H]1O.CN(C)/C=C1/C(=O)CN(C(=O)OC(C)(C)C)[C@@H]1C(=O)OC(C)(C)C.[B]B([BH3-])[B][BH3-].[B]B([B])[B][BH3-].[B][B]B([B])[B]. The van der Waals surface area contributed by atoms with Crippen LogP contribution in [0, 0.1) is 5.92 Å². The lowest BCUT2D eigenvalue weighted by Crippen LogP contribution is -2.47. The molecule has 15 radical (unpaired) electrons. The fourth-order valence-electron chi connectivity index (χ4n) is 9.50. The monoisotopic (exact) mass is 1500 g/mol. The Labute approximate surface area is 662 Å². The molecule has 0 bridgehead atoms. The Hall–Kier alpha value is -5.79.